The van der Waals surface area contributed by atoms with Gasteiger partial charge >= 0.3 is 5.97 Å². The van der Waals surface area contributed by atoms with Crippen LogP contribution in [0.4, 0.5) is 5.69 Å². The van der Waals surface area contributed by atoms with Crippen LogP contribution >= 0.6 is 15.9 Å². The molecule has 2 aromatic rings. The number of carboxylic acid groups (broad SMARTS) is 1. The van der Waals surface area contributed by atoms with E-state index in [1.54, 1.807) is 24.4 Å². The summed E-state index contributed by atoms with van der Waals surface area (Å²) in [4.78, 5) is 22.9. The molecule has 1 aromatic carbocycles. The molecule has 6 heteroatoms. The van der Waals surface area contributed by atoms with E-state index in [2.05, 4.69) is 21.2 Å². The van der Waals surface area contributed by atoms with E-state index in [0.717, 1.165) is 10.0 Å². The molecule has 0 fully saturated rings. The molecule has 0 saturated heterocycles. The molecule has 0 aliphatic rings. The highest BCUT2D eigenvalue weighted by Gasteiger charge is 2.13. The molecule has 2 N–H and O–H groups in total. The van der Waals surface area contributed by atoms with Crippen molar-refractivity contribution in [1.82, 2.24) is 4.57 Å². The molecule has 20 heavy (non-hydrogen) atoms. The molecule has 104 valence electrons. The van der Waals surface area contributed by atoms with Crippen LogP contribution in [0.5, 0.6) is 0 Å². The molecule has 1 heterocycles. The zero-order valence-electron chi connectivity index (χ0n) is 10.8. The summed E-state index contributed by atoms with van der Waals surface area (Å²) in [6.45, 7) is 1.64. The third-order valence-corrected chi connectivity index (χ3v) is 3.31. The quantitative estimate of drug-likeness (QED) is 0.901. The summed E-state index contributed by atoms with van der Waals surface area (Å²) in [5, 5.41) is 11.6. The third-order valence-electron chi connectivity index (χ3n) is 2.82. The molecule has 0 radical (unpaired) electrons. The largest absolute Gasteiger partial charge is 0.480 e. The third kappa shape index (κ3) is 3.27. The second kappa shape index (κ2) is 5.92. The normalized spacial score (nSPS) is 10.3. The van der Waals surface area contributed by atoms with Crippen LogP contribution in [0.25, 0.3) is 0 Å². The molecule has 0 bridgehead atoms. The SMILES string of the molecule is Cc1ccc(Br)cc1NC(=O)c1cccn1CC(=O)O. The van der Waals surface area contributed by atoms with Gasteiger partial charge in [0.1, 0.15) is 12.2 Å². The maximum Gasteiger partial charge on any atom is 0.323 e. The van der Waals surface area contributed by atoms with E-state index in [4.69, 9.17) is 5.11 Å². The number of anilines is 1. The lowest BCUT2D eigenvalue weighted by molar-refractivity contribution is -0.137. The number of rotatable bonds is 4. The van der Waals surface area contributed by atoms with E-state index >= 15 is 0 Å². The lowest BCUT2D eigenvalue weighted by Gasteiger charge is -2.10. The van der Waals surface area contributed by atoms with Gasteiger partial charge < -0.3 is 15.0 Å². The van der Waals surface area contributed by atoms with Crippen LogP contribution in [0, 0.1) is 6.92 Å². The van der Waals surface area contributed by atoms with Crippen molar-refractivity contribution in [3.63, 3.8) is 0 Å². The first-order valence-corrected chi connectivity index (χ1v) is 6.71. The number of hydrogen-bond donors (Lipinski definition) is 2. The van der Waals surface area contributed by atoms with E-state index in [-0.39, 0.29) is 12.5 Å². The van der Waals surface area contributed by atoms with Gasteiger partial charge in [-0.25, -0.2) is 0 Å². The molecule has 5 nitrogen and oxygen atoms in total. The van der Waals surface area contributed by atoms with E-state index in [9.17, 15) is 9.59 Å². The molecule has 2 rings (SSSR count). The Hall–Kier alpha value is -2.08. The predicted octanol–water partition coefficient (Wildman–Crippen LogP) is 2.90. The number of halogens is 1. The highest BCUT2D eigenvalue weighted by atomic mass is 79.9. The Kier molecular flexibility index (Phi) is 4.24. The van der Waals surface area contributed by atoms with Crippen molar-refractivity contribution < 1.29 is 14.7 Å². The molecular weight excluding hydrogens is 324 g/mol. The van der Waals surface area contributed by atoms with Gasteiger partial charge in [0, 0.05) is 16.4 Å². The number of carbonyl (C=O) groups excluding carboxylic acids is 1. The summed E-state index contributed by atoms with van der Waals surface area (Å²) < 4.78 is 2.25. The molecule has 0 unspecified atom stereocenters. The predicted molar refractivity (Wildman–Crippen MR) is 78.9 cm³/mol. The number of carboxylic acids is 1. The number of aryl methyl sites for hydroxylation is 1. The van der Waals surface area contributed by atoms with Crippen LogP contribution in [0.2, 0.25) is 0 Å². The molecule has 0 saturated carbocycles. The number of nitrogens with one attached hydrogen (secondary N) is 1. The fraction of sp³-hybridized carbons (Fsp3) is 0.143. The maximum absolute atomic E-state index is 12.2. The minimum absolute atomic E-state index is 0.243. The van der Waals surface area contributed by atoms with Crippen LogP contribution in [-0.2, 0) is 11.3 Å². The Morgan fingerprint density at radius 2 is 2.10 bits per heavy atom. The zero-order valence-corrected chi connectivity index (χ0v) is 12.3. The average molecular weight is 337 g/mol. The summed E-state index contributed by atoms with van der Waals surface area (Å²) in [6.07, 6.45) is 1.57. The van der Waals surface area contributed by atoms with Gasteiger partial charge in [-0.15, -0.1) is 0 Å². The van der Waals surface area contributed by atoms with Gasteiger partial charge in [0.2, 0.25) is 0 Å². The monoisotopic (exact) mass is 336 g/mol. The Morgan fingerprint density at radius 3 is 2.80 bits per heavy atom. The van der Waals surface area contributed by atoms with Crippen molar-refractivity contribution >= 4 is 33.5 Å². The average Bonchev–Trinajstić information content (AvgIpc) is 2.81. The molecular formula is C14H13BrN2O3. The van der Waals surface area contributed by atoms with Crippen molar-refractivity contribution in [3.05, 3.63) is 52.3 Å². The fourth-order valence-electron chi connectivity index (χ4n) is 1.82. The standard InChI is InChI=1S/C14H13BrN2O3/c1-9-4-5-10(15)7-11(9)16-14(20)12-3-2-6-17(12)8-13(18)19/h2-7H,8H2,1H3,(H,16,20)(H,18,19). The van der Waals surface area contributed by atoms with Crippen molar-refractivity contribution in [2.24, 2.45) is 0 Å². The minimum Gasteiger partial charge on any atom is -0.480 e. The van der Waals surface area contributed by atoms with E-state index in [1.165, 1.54) is 4.57 Å². The number of nitrogens with zero attached hydrogens (tertiary/aromatic N) is 1. The number of amides is 1. The van der Waals surface area contributed by atoms with Gasteiger partial charge in [-0.2, -0.15) is 0 Å². The molecule has 0 atom stereocenters. The van der Waals surface area contributed by atoms with Crippen LogP contribution in [0.1, 0.15) is 16.1 Å². The Bertz CT molecular complexity index is 664. The highest BCUT2D eigenvalue weighted by molar-refractivity contribution is 9.10. The number of aliphatic carboxylic acids is 1. The molecule has 0 spiro atoms. The number of carbonyl (C=O) groups is 2. The van der Waals surface area contributed by atoms with Crippen LogP contribution in [0.15, 0.2) is 41.0 Å². The fourth-order valence-corrected chi connectivity index (χ4v) is 2.18. The second-order valence-electron chi connectivity index (χ2n) is 4.33. The summed E-state index contributed by atoms with van der Waals surface area (Å²) >= 11 is 3.35. The smallest absolute Gasteiger partial charge is 0.323 e. The highest BCUT2D eigenvalue weighted by Crippen LogP contribution is 2.21. The first-order valence-electron chi connectivity index (χ1n) is 5.92. The summed E-state index contributed by atoms with van der Waals surface area (Å²) in [5.41, 5.74) is 1.93. The lowest BCUT2D eigenvalue weighted by Crippen LogP contribution is -2.19. The minimum atomic E-state index is -0.992. The molecule has 0 aliphatic heterocycles. The van der Waals surface area contributed by atoms with Crippen molar-refractivity contribution in [1.29, 1.82) is 0 Å². The number of aromatic nitrogens is 1. The second-order valence-corrected chi connectivity index (χ2v) is 5.24. The lowest BCUT2D eigenvalue weighted by atomic mass is 10.2. The van der Waals surface area contributed by atoms with Crippen molar-refractivity contribution in [2.45, 2.75) is 13.5 Å². The molecule has 1 amide bonds. The van der Waals surface area contributed by atoms with E-state index < -0.39 is 5.97 Å². The van der Waals surface area contributed by atoms with Crippen LogP contribution in [-0.4, -0.2) is 21.6 Å². The van der Waals surface area contributed by atoms with Gasteiger partial charge in [0.15, 0.2) is 0 Å². The van der Waals surface area contributed by atoms with Gasteiger partial charge in [0.25, 0.3) is 5.91 Å². The van der Waals surface area contributed by atoms with E-state index in [0.29, 0.717) is 11.4 Å². The van der Waals surface area contributed by atoms with Gasteiger partial charge in [0.05, 0.1) is 0 Å². The van der Waals surface area contributed by atoms with Crippen molar-refractivity contribution in [2.75, 3.05) is 5.32 Å². The Labute approximate surface area is 124 Å². The number of hydrogen-bond acceptors (Lipinski definition) is 2. The van der Waals surface area contributed by atoms with Crippen molar-refractivity contribution in [3.8, 4) is 0 Å². The van der Waals surface area contributed by atoms with E-state index in [1.807, 2.05) is 19.1 Å². The first-order chi connectivity index (χ1) is 9.47. The van der Waals surface area contributed by atoms with Crippen LogP contribution in [0.3, 0.4) is 0 Å². The summed E-state index contributed by atoms with van der Waals surface area (Å²) in [6, 6.07) is 8.81. The Balaban J connectivity index is 2.22. The zero-order chi connectivity index (χ0) is 14.7. The van der Waals surface area contributed by atoms with Gasteiger partial charge in [-0.1, -0.05) is 22.0 Å². The summed E-state index contributed by atoms with van der Waals surface area (Å²) in [5.74, 6) is -1.33. The first kappa shape index (κ1) is 14.3. The topological polar surface area (TPSA) is 71.3 Å². The van der Waals surface area contributed by atoms with Gasteiger partial charge in [-0.05, 0) is 36.8 Å². The van der Waals surface area contributed by atoms with Crippen LogP contribution < -0.4 is 5.32 Å². The Morgan fingerprint density at radius 1 is 1.35 bits per heavy atom. The molecule has 0 aliphatic carbocycles. The summed E-state index contributed by atoms with van der Waals surface area (Å²) in [7, 11) is 0. The van der Waals surface area contributed by atoms with Gasteiger partial charge in [-0.3, -0.25) is 9.59 Å². The maximum atomic E-state index is 12.2. The number of benzene rings is 1. The molecule has 1 aromatic heterocycles.